The van der Waals surface area contributed by atoms with Gasteiger partial charge in [0, 0.05) is 18.7 Å². The van der Waals surface area contributed by atoms with Gasteiger partial charge in [-0.15, -0.1) is 0 Å². The predicted octanol–water partition coefficient (Wildman–Crippen LogP) is 2.04. The molecule has 1 unspecified atom stereocenters. The molecule has 1 N–H and O–H groups in total. The standard InChI is InChI=1S/C17H24N2O2/c1-13(2)17(7-8-18-12-17)16(20)19-9-10-21-15-6-4-3-5-14(15)11-19/h3-6,13,18H,7-12H2,1-2H3. The van der Waals surface area contributed by atoms with Crippen molar-refractivity contribution in [2.75, 3.05) is 26.2 Å². The summed E-state index contributed by atoms with van der Waals surface area (Å²) in [6.07, 6.45) is 0.933. The summed E-state index contributed by atoms with van der Waals surface area (Å²) in [7, 11) is 0. The number of hydrogen-bond acceptors (Lipinski definition) is 3. The molecule has 1 atom stereocenters. The molecule has 2 aliphatic rings. The van der Waals surface area contributed by atoms with E-state index in [0.717, 1.165) is 30.8 Å². The van der Waals surface area contributed by atoms with E-state index in [4.69, 9.17) is 4.74 Å². The van der Waals surface area contributed by atoms with Crippen molar-refractivity contribution >= 4 is 5.91 Å². The summed E-state index contributed by atoms with van der Waals surface area (Å²) in [6.45, 7) is 7.95. The zero-order valence-corrected chi connectivity index (χ0v) is 12.9. The van der Waals surface area contributed by atoms with Gasteiger partial charge in [-0.05, 0) is 24.9 Å². The van der Waals surface area contributed by atoms with E-state index in [2.05, 4.69) is 25.2 Å². The van der Waals surface area contributed by atoms with E-state index < -0.39 is 0 Å². The molecule has 0 aliphatic carbocycles. The van der Waals surface area contributed by atoms with Gasteiger partial charge in [0.2, 0.25) is 5.91 Å². The van der Waals surface area contributed by atoms with Crippen LogP contribution in [0.15, 0.2) is 24.3 Å². The largest absolute Gasteiger partial charge is 0.491 e. The van der Waals surface area contributed by atoms with Gasteiger partial charge in [0.15, 0.2) is 0 Å². The second-order valence-electron chi connectivity index (χ2n) is 6.42. The van der Waals surface area contributed by atoms with Crippen LogP contribution in [0.4, 0.5) is 0 Å². The second-order valence-corrected chi connectivity index (χ2v) is 6.42. The first-order chi connectivity index (χ1) is 10.1. The molecule has 2 aliphatic heterocycles. The lowest BCUT2D eigenvalue weighted by Crippen LogP contribution is -2.48. The molecule has 3 rings (SSSR count). The Kier molecular flexibility index (Phi) is 3.89. The van der Waals surface area contributed by atoms with Crippen molar-refractivity contribution < 1.29 is 9.53 Å². The lowest BCUT2D eigenvalue weighted by atomic mass is 9.75. The quantitative estimate of drug-likeness (QED) is 0.905. The monoisotopic (exact) mass is 288 g/mol. The summed E-state index contributed by atoms with van der Waals surface area (Å²) < 4.78 is 5.78. The Labute approximate surface area is 126 Å². The SMILES string of the molecule is CC(C)C1(C(=O)N2CCOc3ccccc3C2)CCNC1. The summed E-state index contributed by atoms with van der Waals surface area (Å²) in [5.74, 6) is 1.54. The van der Waals surface area contributed by atoms with Crippen LogP contribution < -0.4 is 10.1 Å². The average molecular weight is 288 g/mol. The Hall–Kier alpha value is -1.55. The maximum Gasteiger partial charge on any atom is 0.230 e. The van der Waals surface area contributed by atoms with Crippen LogP contribution in [0, 0.1) is 11.3 Å². The van der Waals surface area contributed by atoms with Gasteiger partial charge in [-0.3, -0.25) is 4.79 Å². The van der Waals surface area contributed by atoms with Crippen LogP contribution in [0.5, 0.6) is 5.75 Å². The number of benzene rings is 1. The molecule has 1 saturated heterocycles. The number of carbonyl (C=O) groups excluding carboxylic acids is 1. The van der Waals surface area contributed by atoms with Crippen LogP contribution in [0.2, 0.25) is 0 Å². The number of nitrogens with zero attached hydrogens (tertiary/aromatic N) is 1. The van der Waals surface area contributed by atoms with E-state index in [-0.39, 0.29) is 11.3 Å². The van der Waals surface area contributed by atoms with Crippen molar-refractivity contribution in [3.05, 3.63) is 29.8 Å². The van der Waals surface area contributed by atoms with E-state index in [1.807, 2.05) is 23.1 Å². The van der Waals surface area contributed by atoms with E-state index in [1.165, 1.54) is 0 Å². The fraction of sp³-hybridized carbons (Fsp3) is 0.588. The number of hydrogen-bond donors (Lipinski definition) is 1. The number of para-hydroxylation sites is 1. The third-order valence-electron chi connectivity index (χ3n) is 4.96. The van der Waals surface area contributed by atoms with Crippen LogP contribution in [0.3, 0.4) is 0 Å². The highest BCUT2D eigenvalue weighted by Gasteiger charge is 2.46. The highest BCUT2D eigenvalue weighted by Crippen LogP contribution is 2.37. The zero-order valence-electron chi connectivity index (χ0n) is 12.9. The zero-order chi connectivity index (χ0) is 14.9. The Balaban J connectivity index is 1.85. The molecule has 1 fully saturated rings. The van der Waals surface area contributed by atoms with Gasteiger partial charge in [-0.25, -0.2) is 0 Å². The minimum absolute atomic E-state index is 0.251. The summed E-state index contributed by atoms with van der Waals surface area (Å²) in [4.78, 5) is 15.1. The van der Waals surface area contributed by atoms with Crippen LogP contribution in [-0.2, 0) is 11.3 Å². The molecule has 4 heteroatoms. The van der Waals surface area contributed by atoms with Crippen LogP contribution in [-0.4, -0.2) is 37.0 Å². The molecular formula is C17H24N2O2. The van der Waals surface area contributed by atoms with Crippen molar-refractivity contribution in [2.45, 2.75) is 26.8 Å². The van der Waals surface area contributed by atoms with Crippen molar-refractivity contribution in [1.82, 2.24) is 10.2 Å². The van der Waals surface area contributed by atoms with E-state index in [0.29, 0.717) is 25.6 Å². The Morgan fingerprint density at radius 1 is 1.38 bits per heavy atom. The third kappa shape index (κ3) is 2.53. The smallest absolute Gasteiger partial charge is 0.230 e. The maximum absolute atomic E-state index is 13.2. The van der Waals surface area contributed by atoms with Crippen molar-refractivity contribution in [2.24, 2.45) is 11.3 Å². The maximum atomic E-state index is 13.2. The first-order valence-corrected chi connectivity index (χ1v) is 7.84. The van der Waals surface area contributed by atoms with Gasteiger partial charge >= 0.3 is 0 Å². The first-order valence-electron chi connectivity index (χ1n) is 7.84. The number of ether oxygens (including phenoxy) is 1. The second kappa shape index (κ2) is 5.68. The van der Waals surface area contributed by atoms with Crippen molar-refractivity contribution in [1.29, 1.82) is 0 Å². The number of nitrogens with one attached hydrogen (secondary N) is 1. The van der Waals surface area contributed by atoms with E-state index >= 15 is 0 Å². The molecular weight excluding hydrogens is 264 g/mol. The summed E-state index contributed by atoms with van der Waals surface area (Å²) in [6, 6.07) is 8.02. The molecule has 0 aromatic heterocycles. The molecule has 0 saturated carbocycles. The fourth-order valence-electron chi connectivity index (χ4n) is 3.45. The molecule has 0 bridgehead atoms. The predicted molar refractivity (Wildman–Crippen MR) is 82.1 cm³/mol. The highest BCUT2D eigenvalue weighted by molar-refractivity contribution is 5.84. The summed E-state index contributed by atoms with van der Waals surface area (Å²) in [5, 5.41) is 3.37. The molecule has 0 spiro atoms. The molecule has 2 heterocycles. The topological polar surface area (TPSA) is 41.6 Å². The van der Waals surface area contributed by atoms with E-state index in [9.17, 15) is 4.79 Å². The lowest BCUT2D eigenvalue weighted by molar-refractivity contribution is -0.144. The first kappa shape index (κ1) is 14.4. The van der Waals surface area contributed by atoms with Crippen molar-refractivity contribution in [3.63, 3.8) is 0 Å². The Morgan fingerprint density at radius 2 is 2.19 bits per heavy atom. The lowest BCUT2D eigenvalue weighted by Gasteiger charge is -2.36. The molecule has 21 heavy (non-hydrogen) atoms. The van der Waals surface area contributed by atoms with Gasteiger partial charge in [-0.2, -0.15) is 0 Å². The van der Waals surface area contributed by atoms with Gasteiger partial charge < -0.3 is 15.0 Å². The third-order valence-corrected chi connectivity index (χ3v) is 4.96. The minimum atomic E-state index is -0.251. The summed E-state index contributed by atoms with van der Waals surface area (Å²) in [5.41, 5.74) is 0.854. The molecule has 114 valence electrons. The highest BCUT2D eigenvalue weighted by atomic mass is 16.5. The molecule has 1 aromatic rings. The average Bonchev–Trinajstić information content (AvgIpc) is 2.88. The van der Waals surface area contributed by atoms with Gasteiger partial charge in [-0.1, -0.05) is 32.0 Å². The van der Waals surface area contributed by atoms with Crippen molar-refractivity contribution in [3.8, 4) is 5.75 Å². The Morgan fingerprint density at radius 3 is 2.90 bits per heavy atom. The number of carbonyl (C=O) groups is 1. The summed E-state index contributed by atoms with van der Waals surface area (Å²) >= 11 is 0. The van der Waals surface area contributed by atoms with Crippen LogP contribution >= 0.6 is 0 Å². The van der Waals surface area contributed by atoms with Crippen LogP contribution in [0.25, 0.3) is 0 Å². The number of rotatable bonds is 2. The molecule has 4 nitrogen and oxygen atoms in total. The molecule has 1 amide bonds. The minimum Gasteiger partial charge on any atom is -0.491 e. The van der Waals surface area contributed by atoms with Gasteiger partial charge in [0.1, 0.15) is 12.4 Å². The van der Waals surface area contributed by atoms with Gasteiger partial charge in [0.25, 0.3) is 0 Å². The molecule has 0 radical (unpaired) electrons. The normalized spacial score (nSPS) is 25.4. The molecule has 1 aromatic carbocycles. The number of fused-ring (bicyclic) bond motifs is 1. The number of amides is 1. The van der Waals surface area contributed by atoms with Gasteiger partial charge in [0.05, 0.1) is 12.0 Å². The van der Waals surface area contributed by atoms with E-state index in [1.54, 1.807) is 0 Å². The Bertz CT molecular complexity index is 521. The van der Waals surface area contributed by atoms with Crippen LogP contribution in [0.1, 0.15) is 25.8 Å². The fourth-order valence-corrected chi connectivity index (χ4v) is 3.45.